The Balaban J connectivity index is 2.03. The lowest BCUT2D eigenvalue weighted by atomic mass is 10.3. The summed E-state index contributed by atoms with van der Waals surface area (Å²) in [5.41, 5.74) is 0.118. The molecule has 2 aromatic heterocycles. The van der Waals surface area contributed by atoms with Crippen LogP contribution in [0.2, 0.25) is 0 Å². The molecule has 22 heavy (non-hydrogen) atoms. The number of thiophene rings is 1. The van der Waals surface area contributed by atoms with Crippen LogP contribution in [-0.2, 0) is 11.8 Å². The topological polar surface area (TPSA) is 105 Å². The summed E-state index contributed by atoms with van der Waals surface area (Å²) in [6.45, 7) is -0.136. The van der Waals surface area contributed by atoms with Gasteiger partial charge in [0.1, 0.15) is 5.82 Å². The highest BCUT2D eigenvalue weighted by Gasteiger charge is 2.16. The number of likely N-dealkylation sites (N-methyl/N-ethyl adjacent to an activating group) is 1. The minimum absolute atomic E-state index is 0.118. The number of hydrogen-bond donors (Lipinski definition) is 3. The molecule has 0 bridgehead atoms. The Bertz CT molecular complexity index is 693. The molecule has 0 aliphatic heterocycles. The maximum atomic E-state index is 12.0. The molecule has 0 aliphatic carbocycles. The molecule has 2 aromatic rings. The first-order valence-electron chi connectivity index (χ1n) is 6.39. The average molecular weight is 321 g/mol. The number of hydrogen-bond acceptors (Lipinski definition) is 5. The number of rotatable bonds is 5. The minimum Gasteiger partial charge on any atom is -0.358 e. The minimum atomic E-state index is -0.490. The molecule has 0 radical (unpaired) electrons. The van der Waals surface area contributed by atoms with E-state index in [-0.39, 0.29) is 24.1 Å². The molecule has 3 amide bonds. The predicted molar refractivity (Wildman–Crippen MR) is 81.9 cm³/mol. The molecular formula is C13H15N5O3S. The van der Waals surface area contributed by atoms with Crippen molar-refractivity contribution in [2.24, 2.45) is 7.05 Å². The molecule has 0 fully saturated rings. The standard InChI is InChI=1S/C13H15N5O3S/c1-14-11(19)7-15-12(20)8-6-10(18(2)17-8)16-13(21)9-4-3-5-22-9/h3-6H,7H2,1-2H3,(H,14,19)(H,15,20)(H,16,21). The fraction of sp³-hybridized carbons (Fsp3) is 0.231. The lowest BCUT2D eigenvalue weighted by Crippen LogP contribution is -2.35. The van der Waals surface area contributed by atoms with Crippen molar-refractivity contribution < 1.29 is 14.4 Å². The van der Waals surface area contributed by atoms with Gasteiger partial charge in [-0.25, -0.2) is 0 Å². The fourth-order valence-electron chi connectivity index (χ4n) is 1.62. The number of anilines is 1. The van der Waals surface area contributed by atoms with Gasteiger partial charge < -0.3 is 16.0 Å². The average Bonchev–Trinajstić information content (AvgIpc) is 3.15. The van der Waals surface area contributed by atoms with Gasteiger partial charge in [-0.15, -0.1) is 11.3 Å². The summed E-state index contributed by atoms with van der Waals surface area (Å²) in [5, 5.41) is 13.3. The zero-order chi connectivity index (χ0) is 16.1. The second-order valence-electron chi connectivity index (χ2n) is 4.33. The smallest absolute Gasteiger partial charge is 0.272 e. The van der Waals surface area contributed by atoms with E-state index in [0.29, 0.717) is 10.7 Å². The van der Waals surface area contributed by atoms with Gasteiger partial charge >= 0.3 is 0 Å². The van der Waals surface area contributed by atoms with Crippen molar-refractivity contribution in [3.8, 4) is 0 Å². The maximum absolute atomic E-state index is 12.0. The van der Waals surface area contributed by atoms with Gasteiger partial charge in [-0.1, -0.05) is 6.07 Å². The third-order valence-corrected chi connectivity index (χ3v) is 3.66. The second-order valence-corrected chi connectivity index (χ2v) is 5.27. The molecule has 0 atom stereocenters. The second kappa shape index (κ2) is 6.85. The number of aryl methyl sites for hydroxylation is 1. The Morgan fingerprint density at radius 1 is 1.32 bits per heavy atom. The Labute approximate surface area is 130 Å². The maximum Gasteiger partial charge on any atom is 0.272 e. The molecule has 8 nitrogen and oxygen atoms in total. The molecule has 9 heteroatoms. The molecule has 2 heterocycles. The summed E-state index contributed by atoms with van der Waals surface area (Å²) in [6, 6.07) is 4.93. The van der Waals surface area contributed by atoms with E-state index >= 15 is 0 Å². The largest absolute Gasteiger partial charge is 0.358 e. The van der Waals surface area contributed by atoms with Gasteiger partial charge in [0.25, 0.3) is 11.8 Å². The molecule has 116 valence electrons. The molecule has 0 unspecified atom stereocenters. The van der Waals surface area contributed by atoms with Crippen molar-refractivity contribution >= 4 is 34.9 Å². The summed E-state index contributed by atoms with van der Waals surface area (Å²) in [7, 11) is 3.09. The van der Waals surface area contributed by atoms with E-state index in [1.54, 1.807) is 24.6 Å². The summed E-state index contributed by atoms with van der Waals surface area (Å²) in [6.07, 6.45) is 0. The van der Waals surface area contributed by atoms with Crippen LogP contribution in [0.1, 0.15) is 20.2 Å². The molecule has 2 rings (SSSR count). The van der Waals surface area contributed by atoms with Crippen molar-refractivity contribution in [1.29, 1.82) is 0 Å². The summed E-state index contributed by atoms with van der Waals surface area (Å²) < 4.78 is 1.39. The summed E-state index contributed by atoms with van der Waals surface area (Å²) in [5.74, 6) is -0.676. The van der Waals surface area contributed by atoms with Gasteiger partial charge in [-0.2, -0.15) is 5.10 Å². The molecule has 0 saturated carbocycles. The van der Waals surface area contributed by atoms with Gasteiger partial charge in [0, 0.05) is 20.2 Å². The Kier molecular flexibility index (Phi) is 4.89. The Hall–Kier alpha value is -2.68. The Morgan fingerprint density at radius 3 is 2.73 bits per heavy atom. The van der Waals surface area contributed by atoms with E-state index in [2.05, 4.69) is 21.0 Å². The molecule has 0 spiro atoms. The zero-order valence-electron chi connectivity index (χ0n) is 12.0. The first-order chi connectivity index (χ1) is 10.5. The molecule has 0 aromatic carbocycles. The van der Waals surface area contributed by atoms with Crippen LogP contribution < -0.4 is 16.0 Å². The highest BCUT2D eigenvalue weighted by atomic mass is 32.1. The number of nitrogens with one attached hydrogen (secondary N) is 3. The van der Waals surface area contributed by atoms with E-state index < -0.39 is 5.91 Å². The highest BCUT2D eigenvalue weighted by Crippen LogP contribution is 2.14. The SMILES string of the molecule is CNC(=O)CNC(=O)c1cc(NC(=O)c2cccs2)n(C)n1. The third-order valence-electron chi connectivity index (χ3n) is 2.79. The van der Waals surface area contributed by atoms with Gasteiger partial charge in [0.2, 0.25) is 5.91 Å². The normalized spacial score (nSPS) is 10.1. The highest BCUT2D eigenvalue weighted by molar-refractivity contribution is 7.12. The number of carbonyl (C=O) groups is 3. The quantitative estimate of drug-likeness (QED) is 0.732. The van der Waals surface area contributed by atoms with Crippen LogP contribution in [0.3, 0.4) is 0 Å². The fourth-order valence-corrected chi connectivity index (χ4v) is 2.24. The van der Waals surface area contributed by atoms with Crippen LogP contribution in [0.4, 0.5) is 5.82 Å². The van der Waals surface area contributed by atoms with E-state index in [0.717, 1.165) is 0 Å². The van der Waals surface area contributed by atoms with Crippen molar-refractivity contribution in [2.45, 2.75) is 0 Å². The van der Waals surface area contributed by atoms with E-state index in [1.807, 2.05) is 0 Å². The van der Waals surface area contributed by atoms with E-state index in [1.165, 1.54) is 29.1 Å². The van der Waals surface area contributed by atoms with Gasteiger partial charge in [-0.05, 0) is 11.4 Å². The van der Waals surface area contributed by atoms with Crippen molar-refractivity contribution in [3.05, 3.63) is 34.2 Å². The molecule has 3 N–H and O–H groups in total. The van der Waals surface area contributed by atoms with Crippen LogP contribution in [-0.4, -0.2) is 41.1 Å². The number of amides is 3. The first kappa shape index (κ1) is 15.7. The van der Waals surface area contributed by atoms with Crippen LogP contribution in [0.15, 0.2) is 23.6 Å². The summed E-state index contributed by atoms with van der Waals surface area (Å²) in [4.78, 5) is 35.5. The van der Waals surface area contributed by atoms with Gasteiger partial charge in [0.05, 0.1) is 11.4 Å². The predicted octanol–water partition coefficient (Wildman–Crippen LogP) is 0.210. The summed E-state index contributed by atoms with van der Waals surface area (Å²) >= 11 is 1.32. The van der Waals surface area contributed by atoms with Crippen LogP contribution in [0.25, 0.3) is 0 Å². The Morgan fingerprint density at radius 2 is 2.09 bits per heavy atom. The molecular weight excluding hydrogens is 306 g/mol. The van der Waals surface area contributed by atoms with E-state index in [9.17, 15) is 14.4 Å². The number of nitrogens with zero attached hydrogens (tertiary/aromatic N) is 2. The number of aromatic nitrogens is 2. The van der Waals surface area contributed by atoms with Crippen LogP contribution in [0, 0.1) is 0 Å². The number of carbonyl (C=O) groups excluding carboxylic acids is 3. The lowest BCUT2D eigenvalue weighted by Gasteiger charge is -2.02. The van der Waals surface area contributed by atoms with Crippen molar-refractivity contribution in [1.82, 2.24) is 20.4 Å². The zero-order valence-corrected chi connectivity index (χ0v) is 12.9. The monoisotopic (exact) mass is 321 g/mol. The van der Waals surface area contributed by atoms with Gasteiger partial charge in [0.15, 0.2) is 5.69 Å². The van der Waals surface area contributed by atoms with Crippen LogP contribution in [0.5, 0.6) is 0 Å². The van der Waals surface area contributed by atoms with Gasteiger partial charge in [-0.3, -0.25) is 19.1 Å². The van der Waals surface area contributed by atoms with Crippen molar-refractivity contribution in [3.63, 3.8) is 0 Å². The lowest BCUT2D eigenvalue weighted by molar-refractivity contribution is -0.119. The van der Waals surface area contributed by atoms with Crippen molar-refractivity contribution in [2.75, 3.05) is 18.9 Å². The van der Waals surface area contributed by atoms with Crippen LogP contribution >= 0.6 is 11.3 Å². The molecule has 0 saturated heterocycles. The van der Waals surface area contributed by atoms with E-state index in [4.69, 9.17) is 0 Å². The first-order valence-corrected chi connectivity index (χ1v) is 7.27. The molecule has 0 aliphatic rings. The third kappa shape index (κ3) is 3.70.